The third-order valence-corrected chi connectivity index (χ3v) is 3.00. The molecule has 1 aliphatic rings. The van der Waals surface area contributed by atoms with Crippen molar-refractivity contribution in [3.05, 3.63) is 0 Å². The van der Waals surface area contributed by atoms with Crippen molar-refractivity contribution in [2.45, 2.75) is 45.6 Å². The molecule has 1 heterocycles. The van der Waals surface area contributed by atoms with E-state index in [0.29, 0.717) is 6.47 Å². The molecule has 0 amide bonds. The summed E-state index contributed by atoms with van der Waals surface area (Å²) < 4.78 is 5.88. The van der Waals surface area contributed by atoms with Gasteiger partial charge in [0.25, 0.3) is 6.47 Å². The van der Waals surface area contributed by atoms with Crippen molar-refractivity contribution in [2.75, 3.05) is 17.5 Å². The van der Waals surface area contributed by atoms with Crippen LogP contribution >= 0.6 is 22.6 Å². The molecule has 0 spiro atoms. The molecule has 1 fully saturated rings. The van der Waals surface area contributed by atoms with Crippen LogP contribution in [0.1, 0.15) is 40.0 Å². The van der Waals surface area contributed by atoms with Crippen LogP contribution in [0.15, 0.2) is 0 Å². The van der Waals surface area contributed by atoms with E-state index in [0.717, 1.165) is 5.92 Å². The summed E-state index contributed by atoms with van der Waals surface area (Å²) in [6.07, 6.45) is 4.24. The van der Waals surface area contributed by atoms with E-state index in [4.69, 9.17) is 0 Å². The van der Waals surface area contributed by atoms with Crippen molar-refractivity contribution in [3.63, 3.8) is 0 Å². The molecular formula is C12H24INO2. The second-order valence-corrected chi connectivity index (χ2v) is 6.08. The second-order valence-electron chi connectivity index (χ2n) is 5.00. The van der Waals surface area contributed by atoms with Gasteiger partial charge in [0.2, 0.25) is 0 Å². The first kappa shape index (κ1) is 16.2. The maximum atomic E-state index is 9.60. The van der Waals surface area contributed by atoms with Gasteiger partial charge in [-0.2, -0.15) is 0 Å². The maximum absolute atomic E-state index is 9.60. The highest BCUT2D eigenvalue weighted by Gasteiger charge is 2.10. The van der Waals surface area contributed by atoms with Crippen LogP contribution in [0.4, 0.5) is 0 Å². The average molecular weight is 341 g/mol. The first-order valence-electron chi connectivity index (χ1n) is 5.87. The Morgan fingerprint density at radius 2 is 1.94 bits per heavy atom. The summed E-state index contributed by atoms with van der Waals surface area (Å²) in [5.41, 5.74) is -0.318. The number of hydrogen-bond acceptors (Lipinski definition) is 3. The van der Waals surface area contributed by atoms with E-state index < -0.39 is 0 Å². The van der Waals surface area contributed by atoms with E-state index in [1.54, 1.807) is 0 Å². The number of halogens is 1. The minimum absolute atomic E-state index is 0.318. The number of hydrogen-bond donors (Lipinski definition) is 1. The molecule has 4 heteroatoms. The fraction of sp³-hybridized carbons (Fsp3) is 0.917. The molecule has 1 aliphatic heterocycles. The fourth-order valence-electron chi connectivity index (χ4n) is 1.47. The lowest BCUT2D eigenvalue weighted by Gasteiger charge is -2.21. The Morgan fingerprint density at radius 3 is 2.25 bits per heavy atom. The summed E-state index contributed by atoms with van der Waals surface area (Å²) >= 11 is 2.47. The normalized spacial score (nSPS) is 17.2. The van der Waals surface area contributed by atoms with Crippen LogP contribution in [0, 0.1) is 5.92 Å². The van der Waals surface area contributed by atoms with Crippen LogP contribution < -0.4 is 5.32 Å². The molecule has 0 aromatic heterocycles. The van der Waals surface area contributed by atoms with Gasteiger partial charge in [0.15, 0.2) is 0 Å². The van der Waals surface area contributed by atoms with Crippen LogP contribution in [0.2, 0.25) is 0 Å². The lowest BCUT2D eigenvalue weighted by molar-refractivity contribution is -0.138. The lowest BCUT2D eigenvalue weighted by Crippen LogP contribution is -2.27. The van der Waals surface area contributed by atoms with Crippen LogP contribution in [0.25, 0.3) is 0 Å². The van der Waals surface area contributed by atoms with E-state index >= 15 is 0 Å². The van der Waals surface area contributed by atoms with Gasteiger partial charge in [-0.1, -0.05) is 22.6 Å². The monoisotopic (exact) mass is 341 g/mol. The van der Waals surface area contributed by atoms with Gasteiger partial charge < -0.3 is 10.1 Å². The van der Waals surface area contributed by atoms with Crippen molar-refractivity contribution in [1.29, 1.82) is 0 Å². The van der Waals surface area contributed by atoms with Crippen molar-refractivity contribution in [1.82, 2.24) is 5.32 Å². The highest BCUT2D eigenvalue weighted by molar-refractivity contribution is 14.1. The van der Waals surface area contributed by atoms with Gasteiger partial charge in [-0.05, 0) is 63.5 Å². The largest absolute Gasteiger partial charge is 0.462 e. The topological polar surface area (TPSA) is 38.3 Å². The predicted octanol–water partition coefficient (Wildman–Crippen LogP) is 2.77. The van der Waals surface area contributed by atoms with Gasteiger partial charge in [0, 0.05) is 0 Å². The number of ether oxygens (including phenoxy) is 1. The Labute approximate surface area is 113 Å². The lowest BCUT2D eigenvalue weighted by atomic mass is 9.96. The Hall–Kier alpha value is 0.160. The molecule has 3 nitrogen and oxygen atoms in total. The second kappa shape index (κ2) is 9.22. The minimum Gasteiger partial charge on any atom is -0.462 e. The molecule has 16 heavy (non-hydrogen) atoms. The van der Waals surface area contributed by atoms with Gasteiger partial charge in [-0.25, -0.2) is 0 Å². The van der Waals surface area contributed by atoms with Gasteiger partial charge in [-0.15, -0.1) is 0 Å². The molecule has 1 rings (SSSR count). The number of piperidine rings is 1. The summed E-state index contributed by atoms with van der Waals surface area (Å²) in [6.45, 7) is 8.42. The van der Waals surface area contributed by atoms with E-state index in [9.17, 15) is 4.79 Å². The molecule has 0 aliphatic carbocycles. The Morgan fingerprint density at radius 1 is 1.38 bits per heavy atom. The van der Waals surface area contributed by atoms with E-state index in [1.807, 2.05) is 20.8 Å². The van der Waals surface area contributed by atoms with Gasteiger partial charge in [-0.3, -0.25) is 4.79 Å². The molecule has 0 unspecified atom stereocenters. The molecule has 1 N–H and O–H groups in total. The van der Waals surface area contributed by atoms with Crippen molar-refractivity contribution in [3.8, 4) is 0 Å². The summed E-state index contributed by atoms with van der Waals surface area (Å²) in [7, 11) is 0. The zero-order chi connectivity index (χ0) is 12.4. The number of alkyl halides is 1. The molecular weight excluding hydrogens is 317 g/mol. The van der Waals surface area contributed by atoms with Crippen molar-refractivity contribution >= 4 is 29.1 Å². The highest BCUT2D eigenvalue weighted by atomic mass is 127. The van der Waals surface area contributed by atoms with E-state index in [1.165, 1.54) is 36.8 Å². The molecule has 0 radical (unpaired) electrons. The number of nitrogens with one attached hydrogen (secondary N) is 1. The number of rotatable bonds is 3. The first-order valence-corrected chi connectivity index (χ1v) is 7.40. The zero-order valence-electron chi connectivity index (χ0n) is 10.6. The molecule has 1 saturated heterocycles. The SMILES string of the molecule is CC(C)(C)OC=O.ICCC1CCNCC1. The van der Waals surface area contributed by atoms with Crippen LogP contribution in [-0.2, 0) is 9.53 Å². The average Bonchev–Trinajstić information content (AvgIpc) is 2.19. The third-order valence-electron chi connectivity index (χ3n) is 2.38. The molecule has 0 atom stereocenters. The van der Waals surface area contributed by atoms with E-state index in [-0.39, 0.29) is 5.60 Å². The quantitative estimate of drug-likeness (QED) is 0.487. The van der Waals surface area contributed by atoms with E-state index in [2.05, 4.69) is 32.6 Å². The highest BCUT2D eigenvalue weighted by Crippen LogP contribution is 2.16. The molecule has 0 aromatic carbocycles. The smallest absolute Gasteiger partial charge is 0.293 e. The predicted molar refractivity (Wildman–Crippen MR) is 76.0 cm³/mol. The molecule has 96 valence electrons. The molecule has 0 saturated carbocycles. The summed E-state index contributed by atoms with van der Waals surface area (Å²) in [5, 5.41) is 3.37. The first-order chi connectivity index (χ1) is 7.49. The van der Waals surface area contributed by atoms with Crippen LogP contribution in [0.3, 0.4) is 0 Å². The van der Waals surface area contributed by atoms with Gasteiger partial charge >= 0.3 is 0 Å². The Bertz CT molecular complexity index is 172. The Balaban J connectivity index is 0.000000293. The number of carbonyl (C=O) groups is 1. The van der Waals surface area contributed by atoms with Crippen LogP contribution in [0.5, 0.6) is 0 Å². The maximum Gasteiger partial charge on any atom is 0.293 e. The molecule has 0 bridgehead atoms. The third kappa shape index (κ3) is 10.7. The fourth-order valence-corrected chi connectivity index (χ4v) is 2.35. The summed E-state index contributed by atoms with van der Waals surface area (Å²) in [6, 6.07) is 0. The molecule has 0 aromatic rings. The zero-order valence-corrected chi connectivity index (χ0v) is 12.7. The number of carbonyl (C=O) groups excluding carboxylic acids is 1. The van der Waals surface area contributed by atoms with Crippen molar-refractivity contribution < 1.29 is 9.53 Å². The summed E-state index contributed by atoms with van der Waals surface area (Å²) in [5.74, 6) is 1.03. The minimum atomic E-state index is -0.318. The standard InChI is InChI=1S/C7H14IN.C5H10O2/c8-4-1-7-2-5-9-6-3-7;1-5(2,3)7-4-6/h7,9H,1-6H2;4H,1-3H3. The Kier molecular flexibility index (Phi) is 9.31. The van der Waals surface area contributed by atoms with Gasteiger partial charge in [0.1, 0.15) is 5.60 Å². The van der Waals surface area contributed by atoms with Crippen LogP contribution in [-0.4, -0.2) is 29.6 Å². The van der Waals surface area contributed by atoms with Crippen molar-refractivity contribution in [2.24, 2.45) is 5.92 Å². The summed E-state index contributed by atoms with van der Waals surface area (Å²) in [4.78, 5) is 9.60. The van der Waals surface area contributed by atoms with Gasteiger partial charge in [0.05, 0.1) is 0 Å².